The van der Waals surface area contributed by atoms with E-state index >= 15 is 0 Å². The smallest absolute Gasteiger partial charge is 0.182 e. The Morgan fingerprint density at radius 1 is 1.28 bits per heavy atom. The SMILES string of the molecule is Nc1ccc(-c2nnnn2C2CCCC2)cc1F. The van der Waals surface area contributed by atoms with E-state index in [9.17, 15) is 4.39 Å². The van der Waals surface area contributed by atoms with Crippen LogP contribution in [0.3, 0.4) is 0 Å². The second kappa shape index (κ2) is 4.36. The fourth-order valence-electron chi connectivity index (χ4n) is 2.44. The van der Waals surface area contributed by atoms with Crippen molar-refractivity contribution in [1.29, 1.82) is 0 Å². The Labute approximate surface area is 104 Å². The summed E-state index contributed by atoms with van der Waals surface area (Å²) in [6.07, 6.45) is 4.55. The third-order valence-corrected chi connectivity index (χ3v) is 3.42. The van der Waals surface area contributed by atoms with Gasteiger partial charge >= 0.3 is 0 Å². The largest absolute Gasteiger partial charge is 0.396 e. The summed E-state index contributed by atoms with van der Waals surface area (Å²) in [5.41, 5.74) is 6.27. The van der Waals surface area contributed by atoms with E-state index in [2.05, 4.69) is 15.5 Å². The van der Waals surface area contributed by atoms with Gasteiger partial charge in [-0.3, -0.25) is 0 Å². The molecule has 1 heterocycles. The van der Waals surface area contributed by atoms with E-state index < -0.39 is 5.82 Å². The topological polar surface area (TPSA) is 69.6 Å². The summed E-state index contributed by atoms with van der Waals surface area (Å²) in [5, 5.41) is 11.7. The first-order chi connectivity index (χ1) is 8.75. The van der Waals surface area contributed by atoms with Crippen molar-refractivity contribution in [3.8, 4) is 11.4 Å². The number of tetrazole rings is 1. The van der Waals surface area contributed by atoms with Crippen molar-refractivity contribution in [1.82, 2.24) is 20.2 Å². The molecular formula is C12H14FN5. The molecule has 1 aliphatic rings. The summed E-state index contributed by atoms with van der Waals surface area (Å²) < 4.78 is 15.3. The Morgan fingerprint density at radius 2 is 2.06 bits per heavy atom. The molecular weight excluding hydrogens is 233 g/mol. The predicted octanol–water partition coefficient (Wildman–Crippen LogP) is 2.18. The van der Waals surface area contributed by atoms with Crippen molar-refractivity contribution >= 4 is 5.69 Å². The number of nitrogen functional groups attached to an aromatic ring is 1. The molecule has 0 spiro atoms. The van der Waals surface area contributed by atoms with Gasteiger partial charge < -0.3 is 5.73 Å². The molecule has 94 valence electrons. The van der Waals surface area contributed by atoms with Gasteiger partial charge in [0.1, 0.15) is 5.82 Å². The Bertz CT molecular complexity index is 559. The quantitative estimate of drug-likeness (QED) is 0.826. The number of nitrogens with two attached hydrogens (primary N) is 1. The lowest BCUT2D eigenvalue weighted by Gasteiger charge is -2.11. The minimum Gasteiger partial charge on any atom is -0.396 e. The maximum atomic E-state index is 13.5. The van der Waals surface area contributed by atoms with Crippen LogP contribution in [0.15, 0.2) is 18.2 Å². The molecule has 1 aromatic heterocycles. The molecule has 6 heteroatoms. The van der Waals surface area contributed by atoms with Gasteiger partial charge in [0.05, 0.1) is 11.7 Å². The van der Waals surface area contributed by atoms with Gasteiger partial charge in [-0.1, -0.05) is 12.8 Å². The average Bonchev–Trinajstić information content (AvgIpc) is 3.00. The molecule has 18 heavy (non-hydrogen) atoms. The Morgan fingerprint density at radius 3 is 2.78 bits per heavy atom. The van der Waals surface area contributed by atoms with Crippen molar-refractivity contribution < 1.29 is 4.39 Å². The molecule has 0 radical (unpaired) electrons. The van der Waals surface area contributed by atoms with Crippen LogP contribution < -0.4 is 5.73 Å². The average molecular weight is 247 g/mol. The Kier molecular flexibility index (Phi) is 2.70. The highest BCUT2D eigenvalue weighted by Crippen LogP contribution is 2.32. The summed E-state index contributed by atoms with van der Waals surface area (Å²) in [6, 6.07) is 5.00. The zero-order valence-electron chi connectivity index (χ0n) is 9.88. The number of anilines is 1. The molecule has 5 nitrogen and oxygen atoms in total. The highest BCUT2D eigenvalue weighted by molar-refractivity contribution is 5.59. The first kappa shape index (κ1) is 11.1. The van der Waals surface area contributed by atoms with Crippen LogP contribution in [0.1, 0.15) is 31.7 Å². The van der Waals surface area contributed by atoms with Gasteiger partial charge in [0.2, 0.25) is 0 Å². The van der Waals surface area contributed by atoms with Crippen molar-refractivity contribution in [2.75, 3.05) is 5.73 Å². The van der Waals surface area contributed by atoms with E-state index in [1.54, 1.807) is 16.8 Å². The molecule has 1 saturated carbocycles. The number of hydrogen-bond acceptors (Lipinski definition) is 4. The van der Waals surface area contributed by atoms with E-state index in [1.807, 2.05) is 0 Å². The standard InChI is InChI=1S/C12H14FN5/c13-10-7-8(5-6-11(10)14)12-15-16-17-18(12)9-3-1-2-4-9/h5-7,9H,1-4,14H2. The van der Waals surface area contributed by atoms with Crippen molar-refractivity contribution in [3.05, 3.63) is 24.0 Å². The highest BCUT2D eigenvalue weighted by Gasteiger charge is 2.22. The molecule has 0 aliphatic heterocycles. The molecule has 0 saturated heterocycles. The minimum absolute atomic E-state index is 0.138. The number of aromatic nitrogens is 4. The number of nitrogens with zero attached hydrogens (tertiary/aromatic N) is 4. The molecule has 0 atom stereocenters. The van der Waals surface area contributed by atoms with Gasteiger partial charge in [0, 0.05) is 5.56 Å². The van der Waals surface area contributed by atoms with Crippen LogP contribution >= 0.6 is 0 Å². The zero-order valence-corrected chi connectivity index (χ0v) is 9.88. The third kappa shape index (κ3) is 1.83. The number of hydrogen-bond donors (Lipinski definition) is 1. The van der Waals surface area contributed by atoms with Crippen LogP contribution in [-0.2, 0) is 0 Å². The van der Waals surface area contributed by atoms with Crippen LogP contribution in [-0.4, -0.2) is 20.2 Å². The number of rotatable bonds is 2. The Hall–Kier alpha value is -1.98. The molecule has 0 bridgehead atoms. The van der Waals surface area contributed by atoms with Gasteiger partial charge in [0.25, 0.3) is 0 Å². The van der Waals surface area contributed by atoms with Crippen molar-refractivity contribution in [3.63, 3.8) is 0 Å². The molecule has 1 aliphatic carbocycles. The van der Waals surface area contributed by atoms with Gasteiger partial charge in [-0.15, -0.1) is 5.10 Å². The molecule has 2 N–H and O–H groups in total. The molecule has 2 aromatic rings. The molecule has 0 amide bonds. The van der Waals surface area contributed by atoms with Gasteiger partial charge in [-0.05, 0) is 41.5 Å². The summed E-state index contributed by atoms with van der Waals surface area (Å²) in [5.74, 6) is 0.175. The van der Waals surface area contributed by atoms with Crippen molar-refractivity contribution in [2.24, 2.45) is 0 Å². The van der Waals surface area contributed by atoms with Crippen LogP contribution in [0.5, 0.6) is 0 Å². The normalized spacial score (nSPS) is 16.3. The van der Waals surface area contributed by atoms with E-state index in [0.717, 1.165) is 12.8 Å². The molecule has 3 rings (SSSR count). The predicted molar refractivity (Wildman–Crippen MR) is 65.1 cm³/mol. The monoisotopic (exact) mass is 247 g/mol. The van der Waals surface area contributed by atoms with Gasteiger partial charge in [-0.25, -0.2) is 9.07 Å². The summed E-state index contributed by atoms with van der Waals surface area (Å²) in [4.78, 5) is 0. The number of halogens is 1. The first-order valence-corrected chi connectivity index (χ1v) is 6.09. The van der Waals surface area contributed by atoms with Crippen LogP contribution in [0, 0.1) is 5.82 Å². The third-order valence-electron chi connectivity index (χ3n) is 3.42. The van der Waals surface area contributed by atoms with E-state index in [0.29, 0.717) is 17.4 Å². The van der Waals surface area contributed by atoms with E-state index in [-0.39, 0.29) is 5.69 Å². The fraction of sp³-hybridized carbons (Fsp3) is 0.417. The first-order valence-electron chi connectivity index (χ1n) is 6.09. The molecule has 1 fully saturated rings. The summed E-state index contributed by atoms with van der Waals surface area (Å²) in [6.45, 7) is 0. The second-order valence-electron chi connectivity index (χ2n) is 4.62. The van der Waals surface area contributed by atoms with Gasteiger partial charge in [0.15, 0.2) is 5.82 Å². The highest BCUT2D eigenvalue weighted by atomic mass is 19.1. The maximum Gasteiger partial charge on any atom is 0.182 e. The molecule has 0 unspecified atom stereocenters. The van der Waals surface area contributed by atoms with Crippen molar-refractivity contribution in [2.45, 2.75) is 31.7 Å². The lowest BCUT2D eigenvalue weighted by Crippen LogP contribution is -2.08. The van der Waals surface area contributed by atoms with Crippen LogP contribution in [0.4, 0.5) is 10.1 Å². The summed E-state index contributed by atoms with van der Waals surface area (Å²) in [7, 11) is 0. The summed E-state index contributed by atoms with van der Waals surface area (Å²) >= 11 is 0. The lowest BCUT2D eigenvalue weighted by molar-refractivity contribution is 0.458. The Balaban J connectivity index is 2.00. The zero-order chi connectivity index (χ0) is 12.5. The second-order valence-corrected chi connectivity index (χ2v) is 4.62. The number of benzene rings is 1. The van der Waals surface area contributed by atoms with Gasteiger partial charge in [-0.2, -0.15) is 0 Å². The minimum atomic E-state index is -0.437. The van der Waals surface area contributed by atoms with E-state index in [1.165, 1.54) is 18.9 Å². The lowest BCUT2D eigenvalue weighted by atomic mass is 10.1. The fourth-order valence-corrected chi connectivity index (χ4v) is 2.44. The maximum absolute atomic E-state index is 13.5. The molecule has 1 aromatic carbocycles. The van der Waals surface area contributed by atoms with Crippen LogP contribution in [0.2, 0.25) is 0 Å². The van der Waals surface area contributed by atoms with E-state index in [4.69, 9.17) is 5.73 Å². The van der Waals surface area contributed by atoms with Crippen LogP contribution in [0.25, 0.3) is 11.4 Å².